The zero-order valence-corrected chi connectivity index (χ0v) is 12.5. The highest BCUT2D eigenvalue weighted by atomic mass is 79.9. The van der Waals surface area contributed by atoms with Crippen LogP contribution in [0.3, 0.4) is 0 Å². The first-order valence-electron chi connectivity index (χ1n) is 6.34. The number of hydrogen-bond acceptors (Lipinski definition) is 3. The number of likely N-dealkylation sites (tertiary alicyclic amines) is 1. The Bertz CT molecular complexity index is 466. The minimum Gasteiger partial charge on any atom is -0.491 e. The molecule has 0 amide bonds. The fraction of sp³-hybridized carbons (Fsp3) is 0.500. The summed E-state index contributed by atoms with van der Waals surface area (Å²) in [4.78, 5) is 13.3. The van der Waals surface area contributed by atoms with Crippen LogP contribution in [0.4, 0.5) is 0 Å². The summed E-state index contributed by atoms with van der Waals surface area (Å²) in [7, 11) is 0. The average Bonchev–Trinajstić information content (AvgIpc) is 2.75. The Morgan fingerprint density at radius 3 is 2.89 bits per heavy atom. The Balaban J connectivity index is 1.79. The molecular weight excluding hydrogens is 310 g/mol. The molecule has 1 atom stereocenters. The molecule has 5 heteroatoms. The molecule has 1 aliphatic rings. The van der Waals surface area contributed by atoms with Crippen molar-refractivity contribution in [2.45, 2.75) is 13.3 Å². The number of para-hydroxylation sites is 1. The zero-order valence-electron chi connectivity index (χ0n) is 10.9. The maximum atomic E-state index is 11.1. The molecule has 19 heavy (non-hydrogen) atoms. The summed E-state index contributed by atoms with van der Waals surface area (Å²) < 4.78 is 6.63. The van der Waals surface area contributed by atoms with E-state index in [1.165, 1.54) is 0 Å². The molecule has 0 spiro atoms. The SMILES string of the molecule is CC1(C(=O)O)CCN(CCOc2ccccc2Br)C1. The van der Waals surface area contributed by atoms with Gasteiger partial charge in [0.2, 0.25) is 0 Å². The molecule has 0 saturated carbocycles. The molecule has 0 aromatic heterocycles. The van der Waals surface area contributed by atoms with Gasteiger partial charge in [-0.3, -0.25) is 9.69 Å². The van der Waals surface area contributed by atoms with Crippen molar-refractivity contribution in [3.63, 3.8) is 0 Å². The van der Waals surface area contributed by atoms with E-state index in [1.54, 1.807) is 0 Å². The second-order valence-corrected chi connectivity index (χ2v) is 6.03. The fourth-order valence-electron chi connectivity index (χ4n) is 2.27. The Kier molecular flexibility index (Phi) is 4.47. The molecule has 0 radical (unpaired) electrons. The number of carbonyl (C=O) groups is 1. The van der Waals surface area contributed by atoms with Gasteiger partial charge in [-0.1, -0.05) is 12.1 Å². The maximum Gasteiger partial charge on any atom is 0.310 e. The number of nitrogens with zero attached hydrogens (tertiary/aromatic N) is 1. The van der Waals surface area contributed by atoms with Crippen LogP contribution in [0.2, 0.25) is 0 Å². The molecule has 1 aromatic rings. The van der Waals surface area contributed by atoms with Gasteiger partial charge < -0.3 is 9.84 Å². The normalized spacial score (nSPS) is 23.5. The second kappa shape index (κ2) is 5.92. The highest BCUT2D eigenvalue weighted by molar-refractivity contribution is 9.10. The summed E-state index contributed by atoms with van der Waals surface area (Å²) in [5.74, 6) is 0.115. The van der Waals surface area contributed by atoms with E-state index in [1.807, 2.05) is 31.2 Å². The quantitative estimate of drug-likeness (QED) is 0.903. The summed E-state index contributed by atoms with van der Waals surface area (Å²) in [6.45, 7) is 4.55. The minimum absolute atomic E-state index is 0.568. The summed E-state index contributed by atoms with van der Waals surface area (Å²) >= 11 is 3.43. The zero-order chi connectivity index (χ0) is 13.9. The molecule has 1 aromatic carbocycles. The molecule has 1 aliphatic heterocycles. The molecule has 1 saturated heterocycles. The van der Waals surface area contributed by atoms with Gasteiger partial charge >= 0.3 is 5.97 Å². The highest BCUT2D eigenvalue weighted by Crippen LogP contribution is 2.30. The third-order valence-electron chi connectivity index (χ3n) is 3.57. The number of hydrogen-bond donors (Lipinski definition) is 1. The monoisotopic (exact) mass is 327 g/mol. The molecule has 1 fully saturated rings. The van der Waals surface area contributed by atoms with Crippen molar-refractivity contribution in [3.8, 4) is 5.75 Å². The smallest absolute Gasteiger partial charge is 0.310 e. The standard InChI is InChI=1S/C14H18BrNO3/c1-14(13(17)18)6-7-16(10-14)8-9-19-12-5-3-2-4-11(12)15/h2-5H,6-10H2,1H3,(H,17,18). The van der Waals surface area contributed by atoms with Crippen molar-refractivity contribution >= 4 is 21.9 Å². The van der Waals surface area contributed by atoms with E-state index in [0.29, 0.717) is 19.6 Å². The molecule has 1 unspecified atom stereocenters. The Hall–Kier alpha value is -1.07. The lowest BCUT2D eigenvalue weighted by Gasteiger charge is -2.20. The molecule has 1 heterocycles. The first kappa shape index (κ1) is 14.3. The van der Waals surface area contributed by atoms with Crippen LogP contribution in [0.1, 0.15) is 13.3 Å². The van der Waals surface area contributed by atoms with Crippen LogP contribution in [0, 0.1) is 5.41 Å². The highest BCUT2D eigenvalue weighted by Gasteiger charge is 2.40. The third-order valence-corrected chi connectivity index (χ3v) is 4.23. The topological polar surface area (TPSA) is 49.8 Å². The predicted molar refractivity (Wildman–Crippen MR) is 76.4 cm³/mol. The van der Waals surface area contributed by atoms with Gasteiger partial charge in [0.05, 0.1) is 9.89 Å². The van der Waals surface area contributed by atoms with Crippen LogP contribution in [-0.4, -0.2) is 42.2 Å². The predicted octanol–water partition coefficient (Wildman–Crippen LogP) is 2.62. The van der Waals surface area contributed by atoms with Gasteiger partial charge in [-0.25, -0.2) is 0 Å². The van der Waals surface area contributed by atoms with Gasteiger partial charge in [-0.05, 0) is 48.0 Å². The van der Waals surface area contributed by atoms with Gasteiger partial charge in [0.1, 0.15) is 12.4 Å². The van der Waals surface area contributed by atoms with Crippen molar-refractivity contribution in [3.05, 3.63) is 28.7 Å². The molecule has 0 bridgehead atoms. The van der Waals surface area contributed by atoms with E-state index in [2.05, 4.69) is 20.8 Å². The van der Waals surface area contributed by atoms with Crippen molar-refractivity contribution in [2.75, 3.05) is 26.2 Å². The summed E-state index contributed by atoms with van der Waals surface area (Å²) in [6, 6.07) is 7.72. The van der Waals surface area contributed by atoms with Gasteiger partial charge in [0.15, 0.2) is 0 Å². The van der Waals surface area contributed by atoms with Crippen LogP contribution < -0.4 is 4.74 Å². The summed E-state index contributed by atoms with van der Waals surface area (Å²) in [5.41, 5.74) is -0.604. The molecule has 104 valence electrons. The van der Waals surface area contributed by atoms with E-state index in [-0.39, 0.29) is 0 Å². The van der Waals surface area contributed by atoms with E-state index < -0.39 is 11.4 Å². The fourth-order valence-corrected chi connectivity index (χ4v) is 2.67. The molecule has 2 rings (SSSR count). The van der Waals surface area contributed by atoms with Gasteiger partial charge in [0, 0.05) is 13.1 Å². The Morgan fingerprint density at radius 2 is 2.26 bits per heavy atom. The number of carboxylic acids is 1. The van der Waals surface area contributed by atoms with Crippen LogP contribution in [0.15, 0.2) is 28.7 Å². The van der Waals surface area contributed by atoms with Crippen molar-refractivity contribution in [2.24, 2.45) is 5.41 Å². The van der Waals surface area contributed by atoms with Crippen LogP contribution in [-0.2, 0) is 4.79 Å². The molecule has 0 aliphatic carbocycles. The number of ether oxygens (including phenoxy) is 1. The van der Waals surface area contributed by atoms with E-state index in [4.69, 9.17) is 9.84 Å². The van der Waals surface area contributed by atoms with Crippen LogP contribution in [0.25, 0.3) is 0 Å². The number of benzene rings is 1. The van der Waals surface area contributed by atoms with Crippen LogP contribution in [0.5, 0.6) is 5.75 Å². The third kappa shape index (κ3) is 3.48. The van der Waals surface area contributed by atoms with E-state index in [9.17, 15) is 4.79 Å². The second-order valence-electron chi connectivity index (χ2n) is 5.17. The Morgan fingerprint density at radius 1 is 1.53 bits per heavy atom. The van der Waals surface area contributed by atoms with Crippen molar-refractivity contribution in [1.82, 2.24) is 4.90 Å². The summed E-state index contributed by atoms with van der Waals surface area (Å²) in [5, 5.41) is 9.17. The number of halogens is 1. The van der Waals surface area contributed by atoms with Crippen molar-refractivity contribution < 1.29 is 14.6 Å². The first-order valence-corrected chi connectivity index (χ1v) is 7.14. The van der Waals surface area contributed by atoms with Crippen LogP contribution >= 0.6 is 15.9 Å². The van der Waals surface area contributed by atoms with Gasteiger partial charge in [-0.2, -0.15) is 0 Å². The Labute approximate surface area is 121 Å². The lowest BCUT2D eigenvalue weighted by atomic mass is 9.90. The van der Waals surface area contributed by atoms with E-state index >= 15 is 0 Å². The molecule has 1 N–H and O–H groups in total. The number of rotatable bonds is 5. The minimum atomic E-state index is -0.707. The van der Waals surface area contributed by atoms with Gasteiger partial charge in [-0.15, -0.1) is 0 Å². The first-order chi connectivity index (χ1) is 9.01. The largest absolute Gasteiger partial charge is 0.491 e. The van der Waals surface area contributed by atoms with E-state index in [0.717, 1.165) is 23.3 Å². The molecule has 4 nitrogen and oxygen atoms in total. The molecular formula is C14H18BrNO3. The average molecular weight is 328 g/mol. The lowest BCUT2D eigenvalue weighted by Crippen LogP contribution is -2.33. The lowest BCUT2D eigenvalue weighted by molar-refractivity contribution is -0.147. The van der Waals surface area contributed by atoms with Crippen molar-refractivity contribution in [1.29, 1.82) is 0 Å². The number of carboxylic acid groups (broad SMARTS) is 1. The van der Waals surface area contributed by atoms with Gasteiger partial charge in [0.25, 0.3) is 0 Å². The maximum absolute atomic E-state index is 11.1. The number of aliphatic carboxylic acids is 1. The summed E-state index contributed by atoms with van der Waals surface area (Å²) in [6.07, 6.45) is 0.706.